The van der Waals surface area contributed by atoms with Crippen molar-refractivity contribution in [2.24, 2.45) is 0 Å². The molecule has 5 nitrogen and oxygen atoms in total. The summed E-state index contributed by atoms with van der Waals surface area (Å²) >= 11 is 0. The van der Waals surface area contributed by atoms with Gasteiger partial charge in [0.1, 0.15) is 11.5 Å². The number of hydrogen-bond acceptors (Lipinski definition) is 5. The van der Waals surface area contributed by atoms with Crippen LogP contribution in [0.4, 0.5) is 0 Å². The number of benzene rings is 1. The van der Waals surface area contributed by atoms with E-state index in [4.69, 9.17) is 14.2 Å². The molecule has 3 unspecified atom stereocenters. The fraction of sp³-hybridized carbons (Fsp3) is 0.571. The third-order valence-corrected chi connectivity index (χ3v) is 3.57. The van der Waals surface area contributed by atoms with Gasteiger partial charge in [-0.15, -0.1) is 0 Å². The van der Waals surface area contributed by atoms with Crippen LogP contribution in [0.5, 0.6) is 11.5 Å². The Morgan fingerprint density at radius 2 is 1.63 bits per heavy atom. The normalized spacial score (nSPS) is 26.4. The molecule has 1 aromatic rings. The first-order valence-electron chi connectivity index (χ1n) is 6.42. The molecule has 3 atom stereocenters. The number of ether oxygens (including phenoxy) is 3. The molecule has 1 saturated heterocycles. The van der Waals surface area contributed by atoms with Crippen molar-refractivity contribution in [1.82, 2.24) is 10.9 Å². The van der Waals surface area contributed by atoms with Crippen molar-refractivity contribution in [2.75, 3.05) is 27.9 Å². The Bertz CT molecular complexity index is 401. The largest absolute Gasteiger partial charge is 0.497 e. The van der Waals surface area contributed by atoms with Crippen molar-refractivity contribution < 1.29 is 14.2 Å². The first kappa shape index (κ1) is 14.1. The first-order valence-corrected chi connectivity index (χ1v) is 6.42. The lowest BCUT2D eigenvalue weighted by atomic mass is 9.88. The highest BCUT2D eigenvalue weighted by Gasteiger charge is 2.34. The molecule has 0 amide bonds. The van der Waals surface area contributed by atoms with E-state index >= 15 is 0 Å². The summed E-state index contributed by atoms with van der Waals surface area (Å²) in [7, 11) is 5.05. The molecule has 0 bridgehead atoms. The van der Waals surface area contributed by atoms with E-state index in [1.165, 1.54) is 5.56 Å². The topological polar surface area (TPSA) is 51.8 Å². The molecule has 106 valence electrons. The molecule has 2 N–H and O–H groups in total. The second-order valence-corrected chi connectivity index (χ2v) is 4.81. The second kappa shape index (κ2) is 6.23. The molecule has 0 spiro atoms. The molecule has 0 radical (unpaired) electrons. The van der Waals surface area contributed by atoms with E-state index in [0.29, 0.717) is 18.6 Å². The second-order valence-electron chi connectivity index (χ2n) is 4.81. The molecule has 0 aliphatic carbocycles. The van der Waals surface area contributed by atoms with Crippen LogP contribution in [-0.2, 0) is 4.74 Å². The van der Waals surface area contributed by atoms with Crippen LogP contribution in [0.2, 0.25) is 0 Å². The van der Waals surface area contributed by atoms with E-state index in [9.17, 15) is 0 Å². The maximum Gasteiger partial charge on any atom is 0.122 e. The minimum Gasteiger partial charge on any atom is -0.497 e. The van der Waals surface area contributed by atoms with Crippen LogP contribution in [0.1, 0.15) is 18.4 Å². The molecule has 0 saturated carbocycles. The molecule has 1 aromatic carbocycles. The van der Waals surface area contributed by atoms with E-state index in [2.05, 4.69) is 29.9 Å². The van der Waals surface area contributed by atoms with Crippen LogP contribution < -0.4 is 20.3 Å². The third kappa shape index (κ3) is 3.00. The Balaban J connectivity index is 2.32. The first-order chi connectivity index (χ1) is 9.19. The van der Waals surface area contributed by atoms with E-state index < -0.39 is 0 Å². The van der Waals surface area contributed by atoms with E-state index in [-0.39, 0.29) is 6.04 Å². The summed E-state index contributed by atoms with van der Waals surface area (Å²) in [6, 6.07) is 6.55. The molecule has 1 aliphatic heterocycles. The maximum atomic E-state index is 5.34. The van der Waals surface area contributed by atoms with Crippen LogP contribution in [0.15, 0.2) is 18.2 Å². The standard InChI is InChI=1S/C14H22N2O3/c1-9-14(13(8-17-2)16-15-9)10-5-11(18-3)7-12(6-10)19-4/h5-7,9,13-16H,8H2,1-4H3. The Kier molecular flexibility index (Phi) is 4.63. The van der Waals surface area contributed by atoms with Gasteiger partial charge in [-0.1, -0.05) is 0 Å². The maximum absolute atomic E-state index is 5.34. The lowest BCUT2D eigenvalue weighted by molar-refractivity contribution is 0.165. The van der Waals surface area contributed by atoms with Crippen LogP contribution in [0.25, 0.3) is 0 Å². The molecule has 1 aliphatic rings. The van der Waals surface area contributed by atoms with Crippen molar-refractivity contribution in [3.63, 3.8) is 0 Å². The van der Waals surface area contributed by atoms with E-state index in [0.717, 1.165) is 11.5 Å². The van der Waals surface area contributed by atoms with Gasteiger partial charge in [-0.25, -0.2) is 0 Å². The summed E-state index contributed by atoms with van der Waals surface area (Å²) in [6.07, 6.45) is 0. The number of hydrazine groups is 1. The van der Waals surface area contributed by atoms with Crippen molar-refractivity contribution in [3.8, 4) is 11.5 Å². The van der Waals surface area contributed by atoms with Crippen LogP contribution >= 0.6 is 0 Å². The monoisotopic (exact) mass is 266 g/mol. The van der Waals surface area contributed by atoms with Gasteiger partial charge in [0, 0.05) is 25.1 Å². The van der Waals surface area contributed by atoms with Crippen LogP contribution in [0, 0.1) is 0 Å². The van der Waals surface area contributed by atoms with Gasteiger partial charge in [0.15, 0.2) is 0 Å². The highest BCUT2D eigenvalue weighted by molar-refractivity contribution is 5.41. The Labute approximate surface area is 114 Å². The van der Waals surface area contributed by atoms with Gasteiger partial charge in [0.2, 0.25) is 0 Å². The summed E-state index contributed by atoms with van der Waals surface area (Å²) in [5.74, 6) is 1.93. The van der Waals surface area contributed by atoms with Crippen molar-refractivity contribution >= 4 is 0 Å². The molecule has 2 rings (SSSR count). The third-order valence-electron chi connectivity index (χ3n) is 3.57. The summed E-state index contributed by atoms with van der Waals surface area (Å²) in [5, 5.41) is 0. The number of nitrogens with one attached hydrogen (secondary N) is 2. The van der Waals surface area contributed by atoms with Crippen molar-refractivity contribution in [2.45, 2.75) is 24.9 Å². The average Bonchev–Trinajstić information content (AvgIpc) is 2.79. The van der Waals surface area contributed by atoms with Gasteiger partial charge in [-0.2, -0.15) is 0 Å². The molecule has 1 fully saturated rings. The zero-order valence-electron chi connectivity index (χ0n) is 11.9. The van der Waals surface area contributed by atoms with Gasteiger partial charge in [-0.3, -0.25) is 10.9 Å². The van der Waals surface area contributed by atoms with Gasteiger partial charge >= 0.3 is 0 Å². The minimum atomic E-state index is 0.233. The Hall–Kier alpha value is -1.30. The predicted octanol–water partition coefficient (Wildman–Crippen LogP) is 1.30. The molecule has 0 aromatic heterocycles. The SMILES string of the molecule is COCC1NNC(C)C1c1cc(OC)cc(OC)c1. The summed E-state index contributed by atoms with van der Waals surface area (Å²) in [4.78, 5) is 0. The molecular weight excluding hydrogens is 244 g/mol. The van der Waals surface area contributed by atoms with Gasteiger partial charge in [0.25, 0.3) is 0 Å². The fourth-order valence-corrected chi connectivity index (χ4v) is 2.63. The Morgan fingerprint density at radius 1 is 1.00 bits per heavy atom. The van der Waals surface area contributed by atoms with Crippen LogP contribution in [-0.4, -0.2) is 40.0 Å². The quantitative estimate of drug-likeness (QED) is 0.841. The van der Waals surface area contributed by atoms with Gasteiger partial charge < -0.3 is 14.2 Å². The van der Waals surface area contributed by atoms with E-state index in [1.807, 2.05) is 6.07 Å². The number of hydrogen-bond donors (Lipinski definition) is 2. The summed E-state index contributed by atoms with van der Waals surface area (Å²) < 4.78 is 15.9. The molecule has 5 heteroatoms. The van der Waals surface area contributed by atoms with E-state index in [1.54, 1.807) is 21.3 Å². The van der Waals surface area contributed by atoms with Crippen LogP contribution in [0.3, 0.4) is 0 Å². The highest BCUT2D eigenvalue weighted by atomic mass is 16.5. The van der Waals surface area contributed by atoms with Gasteiger partial charge in [-0.05, 0) is 24.6 Å². The average molecular weight is 266 g/mol. The lowest BCUT2D eigenvalue weighted by Crippen LogP contribution is -2.35. The molecular formula is C14H22N2O3. The smallest absolute Gasteiger partial charge is 0.122 e. The zero-order valence-corrected chi connectivity index (χ0v) is 11.9. The van der Waals surface area contributed by atoms with Crippen molar-refractivity contribution in [3.05, 3.63) is 23.8 Å². The Morgan fingerprint density at radius 3 is 2.16 bits per heavy atom. The summed E-state index contributed by atoms with van der Waals surface area (Å²) in [6.45, 7) is 2.81. The van der Waals surface area contributed by atoms with Crippen molar-refractivity contribution in [1.29, 1.82) is 0 Å². The predicted molar refractivity (Wildman–Crippen MR) is 73.7 cm³/mol. The highest BCUT2D eigenvalue weighted by Crippen LogP contribution is 2.33. The molecule has 19 heavy (non-hydrogen) atoms. The minimum absolute atomic E-state index is 0.233. The zero-order chi connectivity index (χ0) is 13.8. The van der Waals surface area contributed by atoms with Gasteiger partial charge in [0.05, 0.1) is 26.9 Å². The summed E-state index contributed by atoms with van der Waals surface area (Å²) in [5.41, 5.74) is 7.72. The lowest BCUT2D eigenvalue weighted by Gasteiger charge is -2.22. The fourth-order valence-electron chi connectivity index (χ4n) is 2.63. The number of rotatable bonds is 5. The molecule has 1 heterocycles. The number of methoxy groups -OCH3 is 3.